The average Bonchev–Trinajstić information content (AvgIpc) is 3.35. The fraction of sp³-hybridized carbons (Fsp3) is 0.400. The molecular formula is C20H23N3O3. The minimum absolute atomic E-state index is 0.0176. The molecule has 2 aliphatic heterocycles. The Hall–Kier alpha value is -2.60. The molecule has 26 heavy (non-hydrogen) atoms. The quantitative estimate of drug-likeness (QED) is 0.914. The maximum atomic E-state index is 13.0. The topological polar surface area (TPSA) is 63.6 Å². The lowest BCUT2D eigenvalue weighted by atomic mass is 9.73. The Kier molecular flexibility index (Phi) is 4.28. The number of nitrogens with one attached hydrogen (secondary N) is 1. The van der Waals surface area contributed by atoms with Crippen LogP contribution in [0.15, 0.2) is 48.8 Å². The lowest BCUT2D eigenvalue weighted by Crippen LogP contribution is -2.49. The molecule has 2 aliphatic rings. The second-order valence-electron chi connectivity index (χ2n) is 7.08. The second-order valence-corrected chi connectivity index (χ2v) is 7.08. The highest BCUT2D eigenvalue weighted by molar-refractivity contribution is 5.95. The van der Waals surface area contributed by atoms with Crippen molar-refractivity contribution in [3.63, 3.8) is 0 Å². The minimum Gasteiger partial charge on any atom is -0.381 e. The van der Waals surface area contributed by atoms with Gasteiger partial charge in [0.1, 0.15) is 0 Å². The Morgan fingerprint density at radius 2 is 1.92 bits per heavy atom. The minimum atomic E-state index is -0.520. The van der Waals surface area contributed by atoms with Gasteiger partial charge in [0.15, 0.2) is 0 Å². The summed E-state index contributed by atoms with van der Waals surface area (Å²) in [6.07, 6.45) is 4.60. The number of amides is 2. The molecule has 0 bridgehead atoms. The Morgan fingerprint density at radius 1 is 1.19 bits per heavy atom. The van der Waals surface area contributed by atoms with Crippen molar-refractivity contribution in [2.75, 3.05) is 33.4 Å². The third-order valence-corrected chi connectivity index (χ3v) is 5.69. The molecule has 6 heteroatoms. The molecule has 3 heterocycles. The van der Waals surface area contributed by atoms with E-state index in [0.717, 1.165) is 5.69 Å². The maximum absolute atomic E-state index is 13.0. The van der Waals surface area contributed by atoms with Gasteiger partial charge in [-0.2, -0.15) is 0 Å². The molecule has 1 aromatic carbocycles. The van der Waals surface area contributed by atoms with Crippen LogP contribution in [0, 0.1) is 11.3 Å². The van der Waals surface area contributed by atoms with Crippen LogP contribution in [0.4, 0.5) is 0 Å². The van der Waals surface area contributed by atoms with Crippen molar-refractivity contribution in [2.24, 2.45) is 11.3 Å². The van der Waals surface area contributed by atoms with Crippen LogP contribution in [0.2, 0.25) is 0 Å². The van der Waals surface area contributed by atoms with Crippen LogP contribution in [0.1, 0.15) is 16.8 Å². The molecule has 0 unspecified atom stereocenters. The molecule has 0 spiro atoms. The monoisotopic (exact) mass is 353 g/mol. The molecule has 6 nitrogen and oxygen atoms in total. The van der Waals surface area contributed by atoms with Gasteiger partial charge in [0.05, 0.1) is 12.0 Å². The Bertz CT molecular complexity index is 800. The molecule has 0 saturated carbocycles. The van der Waals surface area contributed by atoms with Crippen LogP contribution in [-0.2, 0) is 9.53 Å². The van der Waals surface area contributed by atoms with Gasteiger partial charge >= 0.3 is 0 Å². The van der Waals surface area contributed by atoms with Crippen LogP contribution in [0.3, 0.4) is 0 Å². The normalized spacial score (nSPS) is 25.0. The summed E-state index contributed by atoms with van der Waals surface area (Å²) in [6, 6.07) is 11.5. The number of ether oxygens (including phenoxy) is 1. The zero-order valence-electron chi connectivity index (χ0n) is 14.9. The first-order chi connectivity index (χ1) is 12.6. The second kappa shape index (κ2) is 6.61. The number of carbonyl (C=O) groups is 2. The summed E-state index contributed by atoms with van der Waals surface area (Å²) in [5.74, 6) is 0.0464. The van der Waals surface area contributed by atoms with Crippen LogP contribution in [-0.4, -0.2) is 54.6 Å². The lowest BCUT2D eigenvalue weighted by molar-refractivity contribution is -0.138. The van der Waals surface area contributed by atoms with Crippen molar-refractivity contribution in [3.05, 3.63) is 54.4 Å². The van der Waals surface area contributed by atoms with Crippen molar-refractivity contribution in [3.8, 4) is 5.69 Å². The molecule has 2 fully saturated rings. The van der Waals surface area contributed by atoms with E-state index < -0.39 is 5.41 Å². The molecule has 2 saturated heterocycles. The molecule has 2 amide bonds. The fourth-order valence-corrected chi connectivity index (χ4v) is 4.19. The van der Waals surface area contributed by atoms with Crippen molar-refractivity contribution in [2.45, 2.75) is 6.42 Å². The number of fused-ring (bicyclic) bond motifs is 1. The summed E-state index contributed by atoms with van der Waals surface area (Å²) in [5.41, 5.74) is 1.14. The first-order valence-electron chi connectivity index (χ1n) is 8.97. The number of likely N-dealkylation sites (tertiary alicyclic amines) is 1. The van der Waals surface area contributed by atoms with E-state index in [4.69, 9.17) is 4.74 Å². The van der Waals surface area contributed by atoms with Crippen LogP contribution >= 0.6 is 0 Å². The molecule has 2 atom stereocenters. The van der Waals surface area contributed by atoms with Gasteiger partial charge in [0.2, 0.25) is 5.91 Å². The van der Waals surface area contributed by atoms with Crippen molar-refractivity contribution >= 4 is 11.8 Å². The van der Waals surface area contributed by atoms with E-state index >= 15 is 0 Å². The number of rotatable bonds is 3. The number of hydrogen-bond acceptors (Lipinski definition) is 3. The molecule has 0 aliphatic carbocycles. The van der Waals surface area contributed by atoms with E-state index in [9.17, 15) is 9.59 Å². The maximum Gasteiger partial charge on any atom is 0.253 e. The zero-order chi connectivity index (χ0) is 18.1. The predicted octanol–water partition coefficient (Wildman–Crippen LogP) is 1.70. The van der Waals surface area contributed by atoms with E-state index in [1.54, 1.807) is 11.9 Å². The van der Waals surface area contributed by atoms with Crippen molar-refractivity contribution in [1.82, 2.24) is 14.8 Å². The average molecular weight is 353 g/mol. The summed E-state index contributed by atoms with van der Waals surface area (Å²) in [6.45, 7) is 2.12. The fourth-order valence-electron chi connectivity index (χ4n) is 4.19. The number of aromatic nitrogens is 1. The van der Waals surface area contributed by atoms with E-state index in [1.807, 2.05) is 53.4 Å². The van der Waals surface area contributed by atoms with E-state index in [2.05, 4.69) is 5.32 Å². The first kappa shape index (κ1) is 16.8. The van der Waals surface area contributed by atoms with Gasteiger partial charge in [-0.05, 0) is 42.8 Å². The van der Waals surface area contributed by atoms with Gasteiger partial charge in [0, 0.05) is 56.3 Å². The largest absolute Gasteiger partial charge is 0.381 e. The Morgan fingerprint density at radius 3 is 2.62 bits per heavy atom. The summed E-state index contributed by atoms with van der Waals surface area (Å²) >= 11 is 0. The number of hydrogen-bond donors (Lipinski definition) is 1. The van der Waals surface area contributed by atoms with E-state index in [0.29, 0.717) is 38.3 Å². The van der Waals surface area contributed by atoms with Gasteiger partial charge < -0.3 is 19.5 Å². The Balaban J connectivity index is 1.54. The molecule has 2 aromatic rings. The first-order valence-corrected chi connectivity index (χ1v) is 8.97. The van der Waals surface area contributed by atoms with Gasteiger partial charge in [-0.25, -0.2) is 0 Å². The molecule has 1 aromatic heterocycles. The van der Waals surface area contributed by atoms with Gasteiger partial charge in [-0.15, -0.1) is 0 Å². The summed E-state index contributed by atoms with van der Waals surface area (Å²) in [7, 11) is 1.66. The SMILES string of the molecule is CNC(=O)[C@]12CCOC[C@H]1CN(C(=O)c1ccc(-n3cccc3)cc1)C2. The number of carbonyl (C=O) groups excluding carboxylic acids is 2. The molecule has 0 radical (unpaired) electrons. The predicted molar refractivity (Wildman–Crippen MR) is 97.1 cm³/mol. The number of benzene rings is 1. The van der Waals surface area contributed by atoms with Gasteiger partial charge in [-0.1, -0.05) is 0 Å². The summed E-state index contributed by atoms with van der Waals surface area (Å²) in [5, 5.41) is 2.78. The third kappa shape index (κ3) is 2.70. The van der Waals surface area contributed by atoms with Crippen molar-refractivity contribution < 1.29 is 14.3 Å². The smallest absolute Gasteiger partial charge is 0.253 e. The molecule has 4 rings (SSSR count). The van der Waals surface area contributed by atoms with Gasteiger partial charge in [-0.3, -0.25) is 9.59 Å². The van der Waals surface area contributed by atoms with E-state index in [1.165, 1.54) is 0 Å². The highest BCUT2D eigenvalue weighted by Gasteiger charge is 2.54. The lowest BCUT2D eigenvalue weighted by Gasteiger charge is -2.36. The van der Waals surface area contributed by atoms with Crippen LogP contribution < -0.4 is 5.32 Å². The van der Waals surface area contributed by atoms with Gasteiger partial charge in [0.25, 0.3) is 5.91 Å². The summed E-state index contributed by atoms with van der Waals surface area (Å²) < 4.78 is 7.57. The Labute approximate surface area is 152 Å². The third-order valence-electron chi connectivity index (χ3n) is 5.69. The van der Waals surface area contributed by atoms with Crippen molar-refractivity contribution in [1.29, 1.82) is 0 Å². The summed E-state index contributed by atoms with van der Waals surface area (Å²) in [4.78, 5) is 27.3. The van der Waals surface area contributed by atoms with Crippen LogP contribution in [0.5, 0.6) is 0 Å². The zero-order valence-corrected chi connectivity index (χ0v) is 14.9. The molecule has 136 valence electrons. The highest BCUT2D eigenvalue weighted by Crippen LogP contribution is 2.42. The van der Waals surface area contributed by atoms with Crippen LogP contribution in [0.25, 0.3) is 5.69 Å². The van der Waals surface area contributed by atoms with E-state index in [-0.39, 0.29) is 17.7 Å². The number of nitrogens with zero attached hydrogens (tertiary/aromatic N) is 2. The molecular weight excluding hydrogens is 330 g/mol. The standard InChI is InChI=1S/C20H23N3O3/c1-21-19(25)20-8-11-26-13-16(20)12-23(14-20)18(24)15-4-6-17(7-5-15)22-9-2-3-10-22/h2-7,9-10,16H,8,11-14H2,1H3,(H,21,25)/t16-,20+/m1/s1. The highest BCUT2D eigenvalue weighted by atomic mass is 16.5. The molecule has 1 N–H and O–H groups in total.